The predicted molar refractivity (Wildman–Crippen MR) is 41.4 cm³/mol. The zero-order valence-corrected chi connectivity index (χ0v) is 6.32. The fourth-order valence-corrected chi connectivity index (χ4v) is 1.18. The summed E-state index contributed by atoms with van der Waals surface area (Å²) in [4.78, 5) is 3.95. The highest BCUT2D eigenvalue weighted by atomic mass is 32.1. The molecule has 0 unspecified atom stereocenters. The van der Waals surface area contributed by atoms with Gasteiger partial charge in [0.2, 0.25) is 5.13 Å². The maximum Gasteiger partial charge on any atom is 0.229 e. The molecule has 0 bridgehead atoms. The van der Waals surface area contributed by atoms with Gasteiger partial charge in [-0.15, -0.1) is 5.10 Å². The van der Waals surface area contributed by atoms with Gasteiger partial charge in [-0.3, -0.25) is 0 Å². The molecule has 11 heavy (non-hydrogen) atoms. The molecule has 0 amide bonds. The Morgan fingerprint density at radius 1 is 1.55 bits per heavy atom. The molecule has 2 heterocycles. The molecule has 2 N–H and O–H groups in total. The summed E-state index contributed by atoms with van der Waals surface area (Å²) in [5, 5.41) is 4.68. The van der Waals surface area contributed by atoms with Crippen molar-refractivity contribution in [3.8, 4) is 5.13 Å². The first-order valence-electron chi connectivity index (χ1n) is 2.94. The number of nitrogens with two attached hydrogens (primary N) is 1. The van der Waals surface area contributed by atoms with E-state index in [2.05, 4.69) is 14.5 Å². The van der Waals surface area contributed by atoms with Crippen LogP contribution in [0.25, 0.3) is 5.13 Å². The fourth-order valence-electron chi connectivity index (χ4n) is 0.713. The van der Waals surface area contributed by atoms with Gasteiger partial charge in [0.05, 0.1) is 0 Å². The van der Waals surface area contributed by atoms with E-state index in [1.165, 1.54) is 17.9 Å². The Hall–Kier alpha value is -1.43. The molecule has 0 aliphatic rings. The van der Waals surface area contributed by atoms with E-state index in [-0.39, 0.29) is 0 Å². The van der Waals surface area contributed by atoms with Crippen LogP contribution in [-0.2, 0) is 0 Å². The second-order valence-corrected chi connectivity index (χ2v) is 2.67. The zero-order chi connectivity index (χ0) is 7.68. The van der Waals surface area contributed by atoms with Crippen molar-refractivity contribution >= 4 is 17.4 Å². The van der Waals surface area contributed by atoms with Crippen molar-refractivity contribution in [1.82, 2.24) is 19.1 Å². The summed E-state index contributed by atoms with van der Waals surface area (Å²) in [7, 11) is 0. The van der Waals surface area contributed by atoms with Crippen LogP contribution in [0.15, 0.2) is 18.6 Å². The molecule has 0 radical (unpaired) electrons. The number of rotatable bonds is 1. The third-order valence-electron chi connectivity index (χ3n) is 1.16. The molecule has 0 fully saturated rings. The Balaban J connectivity index is 2.45. The quantitative estimate of drug-likeness (QED) is 0.663. The highest BCUT2D eigenvalue weighted by Crippen LogP contribution is 2.07. The van der Waals surface area contributed by atoms with Crippen molar-refractivity contribution in [2.24, 2.45) is 0 Å². The molecule has 0 aliphatic carbocycles. The largest absolute Gasteiger partial charge is 0.382 e. The van der Waals surface area contributed by atoms with Gasteiger partial charge in [-0.05, 0) is 0 Å². The number of nitrogen functional groups attached to an aromatic ring is 1. The summed E-state index contributed by atoms with van der Waals surface area (Å²) in [6.07, 6.45) is 3.23. The lowest BCUT2D eigenvalue weighted by atomic mass is 10.7. The summed E-state index contributed by atoms with van der Waals surface area (Å²) >= 11 is 1.27. The first-order chi connectivity index (χ1) is 5.36. The summed E-state index contributed by atoms with van der Waals surface area (Å²) in [6.45, 7) is 0. The first kappa shape index (κ1) is 6.29. The van der Waals surface area contributed by atoms with Crippen LogP contribution in [0.3, 0.4) is 0 Å². The molecule has 0 saturated carbocycles. The molecular weight excluding hydrogens is 162 g/mol. The Labute approximate surface area is 66.7 Å². The molecule has 0 saturated heterocycles. The fraction of sp³-hybridized carbons (Fsp3) is 0. The normalized spacial score (nSPS) is 10.2. The standard InChI is InChI=1S/C5H5N5S/c6-4-1-2-10(9-4)5-7-3-8-11-5/h1-3H,(H2,6,9). The Morgan fingerprint density at radius 3 is 3.00 bits per heavy atom. The molecule has 2 aromatic rings. The highest BCUT2D eigenvalue weighted by Gasteiger charge is 1.99. The van der Waals surface area contributed by atoms with E-state index in [4.69, 9.17) is 5.73 Å². The molecule has 0 aliphatic heterocycles. The Kier molecular flexibility index (Phi) is 1.32. The van der Waals surface area contributed by atoms with Gasteiger partial charge < -0.3 is 5.73 Å². The van der Waals surface area contributed by atoms with Crippen molar-refractivity contribution in [2.75, 3.05) is 5.73 Å². The molecular formula is C5H5N5S. The third-order valence-corrected chi connectivity index (χ3v) is 1.81. The van der Waals surface area contributed by atoms with E-state index < -0.39 is 0 Å². The van der Waals surface area contributed by atoms with Gasteiger partial charge in [0.1, 0.15) is 12.1 Å². The lowest BCUT2D eigenvalue weighted by Crippen LogP contribution is -1.94. The van der Waals surface area contributed by atoms with E-state index in [1.807, 2.05) is 0 Å². The number of hydrogen-bond acceptors (Lipinski definition) is 5. The minimum absolute atomic E-state index is 0.486. The van der Waals surface area contributed by atoms with Crippen molar-refractivity contribution in [3.63, 3.8) is 0 Å². The van der Waals surface area contributed by atoms with Gasteiger partial charge in [-0.2, -0.15) is 4.37 Å². The van der Waals surface area contributed by atoms with E-state index >= 15 is 0 Å². The summed E-state index contributed by atoms with van der Waals surface area (Å²) in [5.74, 6) is 0.486. The molecule has 56 valence electrons. The van der Waals surface area contributed by atoms with Crippen molar-refractivity contribution in [3.05, 3.63) is 18.6 Å². The maximum atomic E-state index is 5.41. The SMILES string of the molecule is Nc1ccn(-c2ncns2)n1. The van der Waals surface area contributed by atoms with Crippen LogP contribution in [0.4, 0.5) is 5.82 Å². The zero-order valence-electron chi connectivity index (χ0n) is 5.51. The lowest BCUT2D eigenvalue weighted by Gasteiger charge is -1.89. The summed E-state index contributed by atoms with van der Waals surface area (Å²) < 4.78 is 5.43. The molecule has 0 aromatic carbocycles. The average molecular weight is 167 g/mol. The molecule has 0 atom stereocenters. The minimum atomic E-state index is 0.486. The lowest BCUT2D eigenvalue weighted by molar-refractivity contribution is 0.874. The highest BCUT2D eigenvalue weighted by molar-refractivity contribution is 7.07. The van der Waals surface area contributed by atoms with Gasteiger partial charge in [-0.1, -0.05) is 0 Å². The van der Waals surface area contributed by atoms with Gasteiger partial charge >= 0.3 is 0 Å². The van der Waals surface area contributed by atoms with Gasteiger partial charge in [0, 0.05) is 23.8 Å². The van der Waals surface area contributed by atoms with E-state index in [0.29, 0.717) is 5.82 Å². The Bertz CT molecular complexity index is 337. The number of anilines is 1. The van der Waals surface area contributed by atoms with E-state index in [1.54, 1.807) is 16.9 Å². The van der Waals surface area contributed by atoms with Crippen LogP contribution >= 0.6 is 11.5 Å². The number of aromatic nitrogens is 4. The predicted octanol–water partition coefficient (Wildman–Crippen LogP) is 0.306. The first-order valence-corrected chi connectivity index (χ1v) is 3.72. The molecule has 2 aromatic heterocycles. The molecule has 0 spiro atoms. The van der Waals surface area contributed by atoms with Crippen molar-refractivity contribution in [1.29, 1.82) is 0 Å². The topological polar surface area (TPSA) is 69.6 Å². The van der Waals surface area contributed by atoms with Crippen LogP contribution in [0.5, 0.6) is 0 Å². The van der Waals surface area contributed by atoms with Crippen LogP contribution < -0.4 is 5.73 Å². The second-order valence-electron chi connectivity index (χ2n) is 1.91. The monoisotopic (exact) mass is 167 g/mol. The summed E-state index contributed by atoms with van der Waals surface area (Å²) in [6, 6.07) is 1.71. The van der Waals surface area contributed by atoms with Crippen molar-refractivity contribution in [2.45, 2.75) is 0 Å². The van der Waals surface area contributed by atoms with E-state index in [9.17, 15) is 0 Å². The average Bonchev–Trinajstić information content (AvgIpc) is 2.55. The van der Waals surface area contributed by atoms with Crippen LogP contribution in [0.1, 0.15) is 0 Å². The maximum absolute atomic E-state index is 5.41. The molecule has 5 nitrogen and oxygen atoms in total. The number of nitrogens with zero attached hydrogens (tertiary/aromatic N) is 4. The van der Waals surface area contributed by atoms with E-state index in [0.717, 1.165) is 5.13 Å². The smallest absolute Gasteiger partial charge is 0.229 e. The Morgan fingerprint density at radius 2 is 2.45 bits per heavy atom. The summed E-state index contributed by atoms with van der Waals surface area (Å²) in [5.41, 5.74) is 5.41. The molecule has 2 rings (SSSR count). The second kappa shape index (κ2) is 2.31. The van der Waals surface area contributed by atoms with Crippen LogP contribution in [0.2, 0.25) is 0 Å². The minimum Gasteiger partial charge on any atom is -0.382 e. The van der Waals surface area contributed by atoms with Crippen molar-refractivity contribution < 1.29 is 0 Å². The van der Waals surface area contributed by atoms with Crippen LogP contribution in [0, 0.1) is 0 Å². The third kappa shape index (κ3) is 1.07. The van der Waals surface area contributed by atoms with Crippen LogP contribution in [-0.4, -0.2) is 19.1 Å². The van der Waals surface area contributed by atoms with Gasteiger partial charge in [0.15, 0.2) is 0 Å². The molecule has 6 heteroatoms. The number of hydrogen-bond donors (Lipinski definition) is 1. The van der Waals surface area contributed by atoms with Gasteiger partial charge in [-0.25, -0.2) is 9.67 Å². The van der Waals surface area contributed by atoms with Gasteiger partial charge in [0.25, 0.3) is 0 Å².